The van der Waals surface area contributed by atoms with Crippen LogP contribution in [-0.2, 0) is 4.79 Å². The molecule has 0 bridgehead atoms. The highest BCUT2D eigenvalue weighted by Gasteiger charge is 2.30. The van der Waals surface area contributed by atoms with Crippen molar-refractivity contribution in [1.29, 1.82) is 5.26 Å². The number of nitriles is 1. The van der Waals surface area contributed by atoms with Crippen LogP contribution < -0.4 is 5.32 Å². The van der Waals surface area contributed by atoms with Crippen LogP contribution in [0.15, 0.2) is 9.64 Å². The summed E-state index contributed by atoms with van der Waals surface area (Å²) in [6, 6.07) is 2.21. The molecule has 1 N–H and O–H groups in total. The molecule has 0 aliphatic carbocycles. The lowest BCUT2D eigenvalue weighted by atomic mass is 9.90. The minimum Gasteiger partial charge on any atom is -0.414 e. The Balaban J connectivity index is 2.61. The van der Waals surface area contributed by atoms with Gasteiger partial charge in [-0.3, -0.25) is 9.69 Å². The standard InChI is InChI=1S/C15H25N5O2S/c1-7-11(20(5)6)13-18-19-14(22-13)23-8-12(21)17-15(4,9-16)10(2)3/h10-11H,7-8H2,1-6H3,(H,17,21)/t11-,15+/m1/s1. The first-order valence-electron chi connectivity index (χ1n) is 7.58. The fourth-order valence-electron chi connectivity index (χ4n) is 1.93. The van der Waals surface area contributed by atoms with Gasteiger partial charge in [0.2, 0.25) is 11.8 Å². The molecule has 1 aromatic rings. The van der Waals surface area contributed by atoms with Crippen LogP contribution in [0.4, 0.5) is 0 Å². The van der Waals surface area contributed by atoms with Gasteiger partial charge in [-0.25, -0.2) is 0 Å². The van der Waals surface area contributed by atoms with E-state index in [1.54, 1.807) is 6.92 Å². The van der Waals surface area contributed by atoms with Crippen LogP contribution in [0.25, 0.3) is 0 Å². The summed E-state index contributed by atoms with van der Waals surface area (Å²) in [6.45, 7) is 7.55. The van der Waals surface area contributed by atoms with E-state index in [1.165, 1.54) is 11.8 Å². The monoisotopic (exact) mass is 339 g/mol. The Morgan fingerprint density at radius 2 is 2.13 bits per heavy atom. The Bertz CT molecular complexity index is 566. The first-order chi connectivity index (χ1) is 10.7. The number of rotatable bonds is 8. The van der Waals surface area contributed by atoms with Crippen molar-refractivity contribution in [2.45, 2.75) is 50.9 Å². The van der Waals surface area contributed by atoms with E-state index >= 15 is 0 Å². The third kappa shape index (κ3) is 5.22. The largest absolute Gasteiger partial charge is 0.414 e. The summed E-state index contributed by atoms with van der Waals surface area (Å²) < 4.78 is 5.61. The maximum absolute atomic E-state index is 12.0. The molecule has 7 nitrogen and oxygen atoms in total. The average molecular weight is 339 g/mol. The van der Waals surface area contributed by atoms with E-state index in [4.69, 9.17) is 4.42 Å². The quantitative estimate of drug-likeness (QED) is 0.726. The van der Waals surface area contributed by atoms with E-state index in [9.17, 15) is 10.1 Å². The van der Waals surface area contributed by atoms with E-state index in [1.807, 2.05) is 39.8 Å². The van der Waals surface area contributed by atoms with Crippen molar-refractivity contribution >= 4 is 17.7 Å². The van der Waals surface area contributed by atoms with Crippen LogP contribution in [-0.4, -0.2) is 46.4 Å². The molecule has 2 atom stereocenters. The normalized spacial score (nSPS) is 15.3. The smallest absolute Gasteiger partial charge is 0.277 e. The van der Waals surface area contributed by atoms with Gasteiger partial charge in [0.15, 0.2) is 0 Å². The van der Waals surface area contributed by atoms with Crippen molar-refractivity contribution in [3.05, 3.63) is 5.89 Å². The highest BCUT2D eigenvalue weighted by atomic mass is 32.2. The number of nitrogens with one attached hydrogen (secondary N) is 1. The molecule has 8 heteroatoms. The number of carbonyl (C=O) groups excluding carboxylic acids is 1. The molecule has 0 unspecified atom stereocenters. The van der Waals surface area contributed by atoms with Gasteiger partial charge < -0.3 is 9.73 Å². The van der Waals surface area contributed by atoms with Crippen molar-refractivity contribution < 1.29 is 9.21 Å². The second kappa shape index (κ2) is 8.31. The fourth-order valence-corrected chi connectivity index (χ4v) is 2.50. The maximum Gasteiger partial charge on any atom is 0.277 e. The molecule has 128 valence electrons. The van der Waals surface area contributed by atoms with E-state index < -0.39 is 5.54 Å². The molecule has 0 saturated carbocycles. The van der Waals surface area contributed by atoms with Gasteiger partial charge in [0, 0.05) is 0 Å². The predicted molar refractivity (Wildman–Crippen MR) is 88.7 cm³/mol. The molecule has 1 aromatic heterocycles. The van der Waals surface area contributed by atoms with Gasteiger partial charge in [-0.05, 0) is 33.4 Å². The van der Waals surface area contributed by atoms with E-state index in [2.05, 4.69) is 21.6 Å². The summed E-state index contributed by atoms with van der Waals surface area (Å²) in [4.78, 5) is 14.0. The number of thioether (sulfide) groups is 1. The Morgan fingerprint density at radius 3 is 2.61 bits per heavy atom. The molecular formula is C15H25N5O2S. The van der Waals surface area contributed by atoms with Gasteiger partial charge in [-0.2, -0.15) is 5.26 Å². The molecule has 0 spiro atoms. The molecule has 0 aliphatic heterocycles. The minimum absolute atomic E-state index is 0.0156. The van der Waals surface area contributed by atoms with Crippen LogP contribution in [0, 0.1) is 17.2 Å². The lowest BCUT2D eigenvalue weighted by Gasteiger charge is -2.27. The van der Waals surface area contributed by atoms with Crippen LogP contribution in [0.2, 0.25) is 0 Å². The Morgan fingerprint density at radius 1 is 1.48 bits per heavy atom. The molecule has 0 aromatic carbocycles. The van der Waals surface area contributed by atoms with Crippen molar-refractivity contribution in [2.75, 3.05) is 19.8 Å². The molecule has 0 aliphatic rings. The lowest BCUT2D eigenvalue weighted by molar-refractivity contribution is -0.120. The van der Waals surface area contributed by atoms with Gasteiger partial charge >= 0.3 is 0 Å². The molecule has 0 radical (unpaired) electrons. The van der Waals surface area contributed by atoms with Crippen LogP contribution in [0.3, 0.4) is 0 Å². The zero-order valence-corrected chi connectivity index (χ0v) is 15.4. The number of aromatic nitrogens is 2. The van der Waals surface area contributed by atoms with Crippen molar-refractivity contribution in [3.63, 3.8) is 0 Å². The second-order valence-corrected chi connectivity index (χ2v) is 7.03. The van der Waals surface area contributed by atoms with E-state index in [0.29, 0.717) is 11.1 Å². The number of amides is 1. The molecule has 0 fully saturated rings. The number of hydrogen-bond acceptors (Lipinski definition) is 7. The molecule has 23 heavy (non-hydrogen) atoms. The maximum atomic E-state index is 12.0. The van der Waals surface area contributed by atoms with Crippen molar-refractivity contribution in [1.82, 2.24) is 20.4 Å². The first-order valence-corrected chi connectivity index (χ1v) is 8.57. The van der Waals surface area contributed by atoms with Gasteiger partial charge in [-0.15, -0.1) is 10.2 Å². The summed E-state index contributed by atoms with van der Waals surface area (Å²) in [5, 5.41) is 20.3. The zero-order chi connectivity index (χ0) is 17.6. The fraction of sp³-hybridized carbons (Fsp3) is 0.733. The molecular weight excluding hydrogens is 314 g/mol. The highest BCUT2D eigenvalue weighted by molar-refractivity contribution is 7.99. The average Bonchev–Trinajstić information content (AvgIpc) is 2.93. The van der Waals surface area contributed by atoms with Crippen LogP contribution in [0.5, 0.6) is 0 Å². The summed E-state index contributed by atoms with van der Waals surface area (Å²) in [7, 11) is 3.90. The molecule has 1 rings (SSSR count). The van der Waals surface area contributed by atoms with Crippen LogP contribution in [0.1, 0.15) is 46.0 Å². The number of carbonyl (C=O) groups is 1. The SMILES string of the molecule is CC[C@H](c1nnc(SCC(=O)N[C@@](C)(C#N)C(C)C)o1)N(C)C. The summed E-state index contributed by atoms with van der Waals surface area (Å²) in [6.07, 6.45) is 0.856. The molecule has 0 saturated heterocycles. The molecule has 1 amide bonds. The number of nitrogens with zero attached hydrogens (tertiary/aromatic N) is 4. The second-order valence-electron chi connectivity index (χ2n) is 6.10. The van der Waals surface area contributed by atoms with Gasteiger partial charge in [0.1, 0.15) is 5.54 Å². The summed E-state index contributed by atoms with van der Waals surface area (Å²) in [5.74, 6) is 0.461. The predicted octanol–water partition coefficient (Wildman–Crippen LogP) is 2.23. The molecule has 1 heterocycles. The van der Waals surface area contributed by atoms with Crippen molar-refractivity contribution in [3.8, 4) is 6.07 Å². The van der Waals surface area contributed by atoms with E-state index in [-0.39, 0.29) is 23.6 Å². The minimum atomic E-state index is -0.879. The summed E-state index contributed by atoms with van der Waals surface area (Å²) >= 11 is 1.17. The zero-order valence-electron chi connectivity index (χ0n) is 14.6. The Labute approximate surface area is 141 Å². The third-order valence-electron chi connectivity index (χ3n) is 3.83. The first kappa shape index (κ1) is 19.5. The van der Waals surface area contributed by atoms with Crippen LogP contribution >= 0.6 is 11.8 Å². The topological polar surface area (TPSA) is 95.0 Å². The van der Waals surface area contributed by atoms with Crippen molar-refractivity contribution in [2.24, 2.45) is 5.92 Å². The summed E-state index contributed by atoms with van der Waals surface area (Å²) in [5.41, 5.74) is -0.879. The Hall–Kier alpha value is -1.59. The highest BCUT2D eigenvalue weighted by Crippen LogP contribution is 2.24. The lowest BCUT2D eigenvalue weighted by Crippen LogP contribution is -2.49. The third-order valence-corrected chi connectivity index (χ3v) is 4.65. The van der Waals surface area contributed by atoms with Gasteiger partial charge in [-0.1, -0.05) is 32.5 Å². The van der Waals surface area contributed by atoms with Gasteiger partial charge in [0.05, 0.1) is 17.9 Å². The number of hydrogen-bond donors (Lipinski definition) is 1. The Kier molecular flexibility index (Phi) is 7.03. The van der Waals surface area contributed by atoms with Gasteiger partial charge in [0.25, 0.3) is 5.22 Å². The van der Waals surface area contributed by atoms with E-state index in [0.717, 1.165) is 6.42 Å².